The highest BCUT2D eigenvalue weighted by Gasteiger charge is 2.56. The molecule has 2 aromatic rings. The predicted octanol–water partition coefficient (Wildman–Crippen LogP) is 6.48. The highest BCUT2D eigenvalue weighted by Crippen LogP contribution is 2.53. The van der Waals surface area contributed by atoms with Crippen LogP contribution < -0.4 is 15.1 Å². The van der Waals surface area contributed by atoms with Crippen LogP contribution in [0.1, 0.15) is 68.4 Å². The first-order valence-corrected chi connectivity index (χ1v) is 13.0. The van der Waals surface area contributed by atoms with Gasteiger partial charge in [-0.3, -0.25) is 9.59 Å². The Morgan fingerprint density at radius 1 is 1.02 bits per heavy atom. The summed E-state index contributed by atoms with van der Waals surface area (Å²) in [5, 5.41) is 11.6. The molecule has 0 atom stereocenters. The quantitative estimate of drug-likeness (QED) is 0.315. The average Bonchev–Trinajstić information content (AvgIpc) is 2.85. The summed E-state index contributed by atoms with van der Waals surface area (Å²) in [5.74, 6) is -1.97. The molecule has 2 aromatic carbocycles. The van der Waals surface area contributed by atoms with Crippen molar-refractivity contribution < 1.29 is 27.2 Å². The van der Waals surface area contributed by atoms with Crippen molar-refractivity contribution in [3.05, 3.63) is 58.9 Å². The fourth-order valence-corrected chi connectivity index (χ4v) is 6.70. The van der Waals surface area contributed by atoms with Crippen molar-refractivity contribution in [3.63, 3.8) is 0 Å². The lowest BCUT2D eigenvalue weighted by Gasteiger charge is -2.55. The van der Waals surface area contributed by atoms with E-state index in [4.69, 9.17) is 12.2 Å². The molecule has 0 bridgehead atoms. The number of alkyl halides is 3. The van der Waals surface area contributed by atoms with Crippen LogP contribution in [0.4, 0.5) is 28.9 Å². The molecule has 1 aliphatic rings. The van der Waals surface area contributed by atoms with Gasteiger partial charge in [-0.15, -0.1) is 0 Å². The summed E-state index contributed by atoms with van der Waals surface area (Å²) >= 11 is 5.38. The van der Waals surface area contributed by atoms with Gasteiger partial charge in [0.2, 0.25) is 0 Å². The molecule has 1 fully saturated rings. The second-order valence-electron chi connectivity index (χ2n) is 11.8. The zero-order valence-electron chi connectivity index (χ0n) is 23.2. The van der Waals surface area contributed by atoms with Crippen LogP contribution in [0, 0.1) is 28.0 Å². The molecule has 0 radical (unpaired) electrons. The number of nitriles is 1. The maximum atomic E-state index is 15.1. The number of hydrogen-bond donors (Lipinski definition) is 1. The highest BCUT2D eigenvalue weighted by molar-refractivity contribution is 7.79. The van der Waals surface area contributed by atoms with Crippen molar-refractivity contribution in [2.24, 2.45) is 10.8 Å². The number of carbonyl (C=O) groups excluding carboxylic acids is 2. The van der Waals surface area contributed by atoms with Crippen LogP contribution in [-0.2, 0) is 11.0 Å². The van der Waals surface area contributed by atoms with Crippen LogP contribution in [0.15, 0.2) is 36.4 Å². The molecule has 0 aromatic heterocycles. The molecule has 1 aliphatic carbocycles. The van der Waals surface area contributed by atoms with Gasteiger partial charge in [0.15, 0.2) is 0 Å². The van der Waals surface area contributed by atoms with Gasteiger partial charge in [0.1, 0.15) is 11.4 Å². The summed E-state index contributed by atoms with van der Waals surface area (Å²) in [5.41, 5.74) is -2.69. The van der Waals surface area contributed by atoms with Gasteiger partial charge in [-0.05, 0) is 66.5 Å². The van der Waals surface area contributed by atoms with Gasteiger partial charge in [-0.2, -0.15) is 18.4 Å². The molecule has 3 rings (SSSR count). The molecule has 0 heterocycles. The maximum absolute atomic E-state index is 15.1. The zero-order chi connectivity index (χ0) is 30.3. The lowest BCUT2D eigenvalue weighted by molar-refractivity contribution is -0.137. The lowest BCUT2D eigenvalue weighted by atomic mass is 9.57. The molecule has 0 spiro atoms. The van der Waals surface area contributed by atoms with Crippen LogP contribution in [0.3, 0.4) is 0 Å². The Balaban J connectivity index is 2.22. The molecule has 0 saturated heterocycles. The first kappa shape index (κ1) is 31.0. The molecule has 214 valence electrons. The SMILES string of the molecule is CNC(=O)c1ccc(N(C=S)C2(C(=O)N(C)c3ccc(C#N)c(C(F)(F)F)c3)CC(C)(C)CC(C)(C)C2)cc1F. The van der Waals surface area contributed by atoms with Crippen molar-refractivity contribution in [1.29, 1.82) is 5.26 Å². The first-order valence-electron chi connectivity index (χ1n) is 12.6. The molecular formula is C29H32F4N4O2S. The van der Waals surface area contributed by atoms with E-state index < -0.39 is 51.3 Å². The maximum Gasteiger partial charge on any atom is 0.417 e. The number of rotatable bonds is 6. The van der Waals surface area contributed by atoms with E-state index in [0.29, 0.717) is 0 Å². The van der Waals surface area contributed by atoms with Crippen molar-refractivity contribution in [2.45, 2.75) is 58.7 Å². The number of benzene rings is 2. The van der Waals surface area contributed by atoms with Gasteiger partial charge in [-0.1, -0.05) is 39.9 Å². The second kappa shape index (κ2) is 10.8. The van der Waals surface area contributed by atoms with Gasteiger partial charge >= 0.3 is 6.18 Å². The second-order valence-corrected chi connectivity index (χ2v) is 12.0. The normalized spacial score (nSPS) is 17.3. The Hall–Kier alpha value is -3.52. The van der Waals surface area contributed by atoms with Crippen molar-refractivity contribution >= 4 is 40.9 Å². The Kier molecular flexibility index (Phi) is 8.38. The predicted molar refractivity (Wildman–Crippen MR) is 150 cm³/mol. The molecule has 0 unspecified atom stereocenters. The summed E-state index contributed by atoms with van der Waals surface area (Å²) < 4.78 is 56.2. The van der Waals surface area contributed by atoms with Crippen molar-refractivity contribution in [2.75, 3.05) is 23.9 Å². The topological polar surface area (TPSA) is 76.4 Å². The largest absolute Gasteiger partial charge is 0.417 e. The van der Waals surface area contributed by atoms with E-state index in [2.05, 4.69) is 5.32 Å². The zero-order valence-corrected chi connectivity index (χ0v) is 24.1. The van der Waals surface area contributed by atoms with Gasteiger partial charge in [0.25, 0.3) is 11.8 Å². The van der Waals surface area contributed by atoms with Gasteiger partial charge in [0, 0.05) is 25.5 Å². The van der Waals surface area contributed by atoms with Gasteiger partial charge in [0.05, 0.1) is 28.3 Å². The average molecular weight is 577 g/mol. The first-order chi connectivity index (χ1) is 18.4. The minimum atomic E-state index is -4.80. The fraction of sp³-hybridized carbons (Fsp3) is 0.448. The highest BCUT2D eigenvalue weighted by atomic mass is 32.1. The van der Waals surface area contributed by atoms with Crippen LogP contribution in [-0.4, -0.2) is 36.9 Å². The number of amides is 2. The smallest absolute Gasteiger partial charge is 0.355 e. The van der Waals surface area contributed by atoms with Gasteiger partial charge < -0.3 is 15.1 Å². The van der Waals surface area contributed by atoms with Crippen LogP contribution in [0.25, 0.3) is 0 Å². The molecule has 11 heteroatoms. The lowest BCUT2D eigenvalue weighted by Crippen LogP contribution is -2.64. The number of thiocarbonyl (C=S) groups is 1. The fourth-order valence-electron chi connectivity index (χ4n) is 6.37. The number of likely N-dealkylation sites (N-methyl/N-ethyl adjacent to an activating group) is 1. The van der Waals surface area contributed by atoms with Crippen molar-refractivity contribution in [3.8, 4) is 6.07 Å². The van der Waals surface area contributed by atoms with Crippen molar-refractivity contribution in [1.82, 2.24) is 5.32 Å². The third-order valence-corrected chi connectivity index (χ3v) is 7.50. The minimum absolute atomic E-state index is 0.0534. The Morgan fingerprint density at radius 3 is 2.08 bits per heavy atom. The van der Waals surface area contributed by atoms with E-state index in [-0.39, 0.29) is 29.8 Å². The summed E-state index contributed by atoms with van der Waals surface area (Å²) in [6.07, 6.45) is -3.52. The number of anilines is 2. The number of hydrogen-bond acceptors (Lipinski definition) is 4. The number of nitrogens with zero attached hydrogens (tertiary/aromatic N) is 3. The molecule has 1 saturated carbocycles. The summed E-state index contributed by atoms with van der Waals surface area (Å²) in [6, 6.07) is 8.56. The van der Waals surface area contributed by atoms with E-state index in [1.165, 1.54) is 42.7 Å². The summed E-state index contributed by atoms with van der Waals surface area (Å²) in [6.45, 7) is 7.99. The standard InChI is InChI=1S/C29H32F4N4O2S/c1-26(2)14-27(3,4)16-28(15-26,37(17-40)20-9-10-21(23(30)12-20)24(38)35-5)25(39)36(6)19-8-7-18(13-34)22(11-19)29(31,32)33/h7-12,17H,14-16H2,1-6H3,(H,35,38). The van der Waals surface area contributed by atoms with E-state index in [1.807, 2.05) is 27.7 Å². The van der Waals surface area contributed by atoms with Gasteiger partial charge in [-0.25, -0.2) is 4.39 Å². The molecule has 6 nitrogen and oxygen atoms in total. The Bertz CT molecular complexity index is 1370. The number of halogens is 4. The number of carbonyl (C=O) groups is 2. The van der Waals surface area contributed by atoms with Crippen LogP contribution in [0.2, 0.25) is 0 Å². The van der Waals surface area contributed by atoms with E-state index in [0.717, 1.165) is 29.5 Å². The molecule has 40 heavy (non-hydrogen) atoms. The monoisotopic (exact) mass is 576 g/mol. The number of nitrogens with one attached hydrogen (secondary N) is 1. The van der Waals surface area contributed by atoms with Crippen LogP contribution >= 0.6 is 12.2 Å². The molecule has 0 aliphatic heterocycles. The molecule has 1 N–H and O–H groups in total. The van der Waals surface area contributed by atoms with Crippen LogP contribution in [0.5, 0.6) is 0 Å². The molecular weight excluding hydrogens is 544 g/mol. The summed E-state index contributed by atoms with van der Waals surface area (Å²) in [4.78, 5) is 29.2. The minimum Gasteiger partial charge on any atom is -0.355 e. The van der Waals surface area contributed by atoms with E-state index >= 15 is 4.39 Å². The molecule has 2 amide bonds. The Labute approximate surface area is 236 Å². The van der Waals surface area contributed by atoms with E-state index in [1.54, 1.807) is 6.07 Å². The van der Waals surface area contributed by atoms with E-state index in [9.17, 15) is 28.0 Å². The Morgan fingerprint density at radius 2 is 1.60 bits per heavy atom. The third kappa shape index (κ3) is 5.97. The summed E-state index contributed by atoms with van der Waals surface area (Å²) in [7, 11) is 2.75. The third-order valence-electron chi connectivity index (χ3n) is 7.29.